The molecule has 0 spiro atoms. The second-order valence-corrected chi connectivity index (χ2v) is 11.6. The number of carbonyl (C=O) groups is 2. The van der Waals surface area contributed by atoms with Crippen LogP contribution >= 0.6 is 11.8 Å². The van der Waals surface area contributed by atoms with Crippen molar-refractivity contribution in [3.63, 3.8) is 0 Å². The third-order valence-corrected chi connectivity index (χ3v) is 8.33. The van der Waals surface area contributed by atoms with Crippen molar-refractivity contribution in [1.82, 2.24) is 5.32 Å². The standard InChI is InChI=1S/C27H42N2O11S/c1-13(2)16(31)11-17-20(32)22(34)23(35)25(39-17)26(36)29-19-24(38-10-4-9-28)21(33)18(12-30)40-27(19)41-15-7-5-14(37-3)6-8-15/h5-8,13,17-25,27,30,32-35H,4,9-12,28H2,1-3H3,(H,29,36)/t17-,18?,19?,20?,21-,22+,23+,24+,25?,27-/m0/s1. The maximum Gasteiger partial charge on any atom is 0.252 e. The van der Waals surface area contributed by atoms with Crippen molar-refractivity contribution in [1.29, 1.82) is 0 Å². The van der Waals surface area contributed by atoms with Gasteiger partial charge in [0, 0.05) is 23.8 Å². The number of Topliss-reactive ketones (excluding diaryl/α,β-unsaturated/α-hetero) is 1. The van der Waals surface area contributed by atoms with Crippen molar-refractivity contribution in [2.24, 2.45) is 11.7 Å². The predicted molar refractivity (Wildman–Crippen MR) is 147 cm³/mol. The summed E-state index contributed by atoms with van der Waals surface area (Å²) in [6.07, 6.45) is -11.2. The van der Waals surface area contributed by atoms with Crippen LogP contribution in [0.3, 0.4) is 0 Å². The summed E-state index contributed by atoms with van der Waals surface area (Å²) in [6, 6.07) is 6.00. The van der Waals surface area contributed by atoms with E-state index in [9.17, 15) is 35.1 Å². The second kappa shape index (κ2) is 15.6. The lowest BCUT2D eigenvalue weighted by Crippen LogP contribution is -2.67. The minimum Gasteiger partial charge on any atom is -0.497 e. The van der Waals surface area contributed by atoms with Crippen LogP contribution in [0.4, 0.5) is 0 Å². The summed E-state index contributed by atoms with van der Waals surface area (Å²) < 4.78 is 22.8. The van der Waals surface area contributed by atoms with Crippen LogP contribution in [0.1, 0.15) is 26.7 Å². The van der Waals surface area contributed by atoms with E-state index >= 15 is 0 Å². The Morgan fingerprint density at radius 3 is 2.29 bits per heavy atom. The van der Waals surface area contributed by atoms with Gasteiger partial charge in [-0.05, 0) is 37.2 Å². The zero-order valence-electron chi connectivity index (χ0n) is 23.4. The van der Waals surface area contributed by atoms with Gasteiger partial charge < -0.3 is 55.5 Å². The van der Waals surface area contributed by atoms with Crippen LogP contribution in [-0.4, -0.2) is 124 Å². The molecule has 2 heterocycles. The van der Waals surface area contributed by atoms with Gasteiger partial charge in [0.05, 0.1) is 25.9 Å². The highest BCUT2D eigenvalue weighted by Crippen LogP contribution is 2.36. The number of nitrogens with two attached hydrogens (primary N) is 1. The monoisotopic (exact) mass is 602 g/mol. The first-order valence-electron chi connectivity index (χ1n) is 13.6. The van der Waals surface area contributed by atoms with Gasteiger partial charge in [-0.25, -0.2) is 0 Å². The highest BCUT2D eigenvalue weighted by atomic mass is 32.2. The van der Waals surface area contributed by atoms with Crippen molar-refractivity contribution in [3.05, 3.63) is 24.3 Å². The molecule has 2 aliphatic rings. The number of methoxy groups -OCH3 is 1. The van der Waals surface area contributed by atoms with Crippen LogP contribution in [0.5, 0.6) is 5.75 Å². The predicted octanol–water partition coefficient (Wildman–Crippen LogP) is -1.45. The van der Waals surface area contributed by atoms with Crippen LogP contribution in [0.25, 0.3) is 0 Å². The maximum absolute atomic E-state index is 13.5. The summed E-state index contributed by atoms with van der Waals surface area (Å²) in [5.41, 5.74) is 4.72. The molecule has 2 saturated heterocycles. The van der Waals surface area contributed by atoms with Gasteiger partial charge in [0.25, 0.3) is 5.91 Å². The van der Waals surface area contributed by atoms with Gasteiger partial charge in [-0.3, -0.25) is 9.59 Å². The summed E-state index contributed by atoms with van der Waals surface area (Å²) in [4.78, 5) is 26.6. The Hall–Kier alpha value is -1.85. The molecular formula is C27H42N2O11S. The molecule has 3 rings (SSSR count). The van der Waals surface area contributed by atoms with E-state index in [1.807, 2.05) is 0 Å². The minimum absolute atomic E-state index is 0.148. The number of hydrogen-bond donors (Lipinski definition) is 7. The van der Waals surface area contributed by atoms with E-state index in [1.54, 1.807) is 38.1 Å². The molecule has 0 bridgehead atoms. The molecule has 232 valence electrons. The number of aliphatic hydroxyl groups is 5. The zero-order valence-corrected chi connectivity index (χ0v) is 24.2. The number of rotatable bonds is 13. The number of ketones is 1. The van der Waals surface area contributed by atoms with Gasteiger partial charge >= 0.3 is 0 Å². The molecule has 2 aliphatic heterocycles. The molecule has 2 fully saturated rings. The number of aliphatic hydroxyl groups excluding tert-OH is 5. The summed E-state index contributed by atoms with van der Waals surface area (Å²) in [6.45, 7) is 3.30. The fraction of sp³-hybridized carbons (Fsp3) is 0.704. The summed E-state index contributed by atoms with van der Waals surface area (Å²) >= 11 is 1.20. The van der Waals surface area contributed by atoms with E-state index in [0.717, 1.165) is 4.90 Å². The van der Waals surface area contributed by atoms with Crippen LogP contribution in [0, 0.1) is 5.92 Å². The zero-order chi connectivity index (χ0) is 30.3. The van der Waals surface area contributed by atoms with Crippen molar-refractivity contribution in [2.45, 2.75) is 91.9 Å². The number of benzene rings is 1. The Labute approximate surface area is 243 Å². The highest BCUT2D eigenvalue weighted by molar-refractivity contribution is 7.99. The molecule has 8 N–H and O–H groups in total. The molecule has 41 heavy (non-hydrogen) atoms. The molecular weight excluding hydrogens is 560 g/mol. The largest absolute Gasteiger partial charge is 0.497 e. The van der Waals surface area contributed by atoms with Gasteiger partial charge in [0.15, 0.2) is 6.10 Å². The number of ether oxygens (including phenoxy) is 4. The quantitative estimate of drug-likeness (QED) is 0.129. The SMILES string of the molecule is COc1ccc(S[C@@H]2OC(CO)[C@H](O)[C@H](OCCCN)C2NC(=O)C2O[C@@H](CC(=O)C(C)C)C(O)[C@@H](O)[C@H]2O)cc1. The fourth-order valence-electron chi connectivity index (χ4n) is 4.63. The molecule has 1 aromatic carbocycles. The normalized spacial score (nSPS) is 33.9. The van der Waals surface area contributed by atoms with Gasteiger partial charge in [-0.2, -0.15) is 0 Å². The number of hydrogen-bond acceptors (Lipinski definition) is 13. The molecule has 0 radical (unpaired) electrons. The first-order chi connectivity index (χ1) is 19.5. The van der Waals surface area contributed by atoms with E-state index < -0.39 is 72.8 Å². The lowest BCUT2D eigenvalue weighted by atomic mass is 9.90. The smallest absolute Gasteiger partial charge is 0.252 e. The molecule has 10 atom stereocenters. The number of amides is 1. The van der Waals surface area contributed by atoms with E-state index in [4.69, 9.17) is 24.7 Å². The van der Waals surface area contributed by atoms with Crippen LogP contribution in [0.2, 0.25) is 0 Å². The Kier molecular flexibility index (Phi) is 12.8. The first kappa shape index (κ1) is 33.6. The molecule has 14 heteroatoms. The third kappa shape index (κ3) is 8.38. The molecule has 4 unspecified atom stereocenters. The van der Waals surface area contributed by atoms with E-state index in [2.05, 4.69) is 5.32 Å². The summed E-state index contributed by atoms with van der Waals surface area (Å²) in [5, 5.41) is 55.1. The highest BCUT2D eigenvalue weighted by Gasteiger charge is 2.51. The van der Waals surface area contributed by atoms with Crippen molar-refractivity contribution >= 4 is 23.5 Å². The third-order valence-electron chi connectivity index (χ3n) is 7.15. The van der Waals surface area contributed by atoms with Crippen molar-refractivity contribution < 1.29 is 54.1 Å². The lowest BCUT2D eigenvalue weighted by molar-refractivity contribution is -0.224. The maximum atomic E-state index is 13.5. The fourth-order valence-corrected chi connectivity index (χ4v) is 5.76. The Balaban J connectivity index is 1.88. The summed E-state index contributed by atoms with van der Waals surface area (Å²) in [5.74, 6) is -0.865. The van der Waals surface area contributed by atoms with Crippen LogP contribution in [-0.2, 0) is 23.8 Å². The summed E-state index contributed by atoms with van der Waals surface area (Å²) in [7, 11) is 1.54. The van der Waals surface area contributed by atoms with Crippen LogP contribution < -0.4 is 15.8 Å². The van der Waals surface area contributed by atoms with Crippen molar-refractivity contribution in [3.8, 4) is 5.75 Å². The van der Waals surface area contributed by atoms with Gasteiger partial charge in [0.2, 0.25) is 0 Å². The lowest BCUT2D eigenvalue weighted by Gasteiger charge is -2.45. The Bertz CT molecular complexity index is 985. The van der Waals surface area contributed by atoms with E-state index in [-0.39, 0.29) is 24.7 Å². The average Bonchev–Trinajstić information content (AvgIpc) is 2.96. The van der Waals surface area contributed by atoms with Crippen LogP contribution in [0.15, 0.2) is 29.2 Å². The first-order valence-corrected chi connectivity index (χ1v) is 14.5. The molecule has 1 aromatic rings. The number of thioether (sulfide) groups is 1. The molecule has 0 aliphatic carbocycles. The minimum atomic E-state index is -1.81. The topological polar surface area (TPSA) is 210 Å². The van der Waals surface area contributed by atoms with Gasteiger partial charge in [0.1, 0.15) is 53.6 Å². The van der Waals surface area contributed by atoms with E-state index in [0.29, 0.717) is 18.7 Å². The average molecular weight is 603 g/mol. The Morgan fingerprint density at radius 1 is 1.02 bits per heavy atom. The van der Waals surface area contributed by atoms with Crippen molar-refractivity contribution in [2.75, 3.05) is 26.9 Å². The van der Waals surface area contributed by atoms with Gasteiger partial charge in [-0.15, -0.1) is 0 Å². The second-order valence-electron chi connectivity index (χ2n) is 10.4. The Morgan fingerprint density at radius 2 is 1.71 bits per heavy atom. The molecule has 0 aromatic heterocycles. The number of nitrogens with one attached hydrogen (secondary N) is 1. The molecule has 1 amide bonds. The molecule has 13 nitrogen and oxygen atoms in total. The number of carbonyl (C=O) groups excluding carboxylic acids is 2. The van der Waals surface area contributed by atoms with Gasteiger partial charge in [-0.1, -0.05) is 25.6 Å². The van der Waals surface area contributed by atoms with E-state index in [1.165, 1.54) is 18.9 Å². The molecule has 0 saturated carbocycles.